The van der Waals surface area contributed by atoms with Gasteiger partial charge in [0, 0.05) is 29.5 Å². The van der Waals surface area contributed by atoms with Gasteiger partial charge in [0.05, 0.1) is 13.2 Å². The third-order valence-corrected chi connectivity index (χ3v) is 3.35. The van der Waals surface area contributed by atoms with E-state index in [4.69, 9.17) is 4.74 Å². The molecule has 0 aliphatic carbocycles. The van der Waals surface area contributed by atoms with E-state index in [2.05, 4.69) is 16.0 Å². The minimum absolute atomic E-state index is 0.0518. The zero-order valence-electron chi connectivity index (χ0n) is 14.5. The highest BCUT2D eigenvalue weighted by molar-refractivity contribution is 5.94. The van der Waals surface area contributed by atoms with Crippen molar-refractivity contribution in [1.29, 1.82) is 0 Å². The predicted molar refractivity (Wildman–Crippen MR) is 100 cm³/mol. The van der Waals surface area contributed by atoms with E-state index in [1.54, 1.807) is 31.2 Å². The van der Waals surface area contributed by atoms with Gasteiger partial charge in [-0.3, -0.25) is 9.59 Å². The lowest BCUT2D eigenvalue weighted by Crippen LogP contribution is -2.21. The zero-order chi connectivity index (χ0) is 18.1. The summed E-state index contributed by atoms with van der Waals surface area (Å²) in [7, 11) is 0. The highest BCUT2D eigenvalue weighted by Crippen LogP contribution is 2.18. The van der Waals surface area contributed by atoms with Crippen LogP contribution in [0.15, 0.2) is 48.5 Å². The van der Waals surface area contributed by atoms with Gasteiger partial charge in [0.1, 0.15) is 5.75 Å². The van der Waals surface area contributed by atoms with Gasteiger partial charge in [0.25, 0.3) is 0 Å². The van der Waals surface area contributed by atoms with E-state index < -0.39 is 0 Å². The van der Waals surface area contributed by atoms with E-state index in [0.717, 1.165) is 5.69 Å². The maximum absolute atomic E-state index is 12.1. The van der Waals surface area contributed by atoms with Crippen LogP contribution in [0.5, 0.6) is 5.75 Å². The summed E-state index contributed by atoms with van der Waals surface area (Å²) in [4.78, 5) is 23.5. The van der Waals surface area contributed by atoms with Crippen LogP contribution in [0.3, 0.4) is 0 Å². The number of nitrogens with one attached hydrogen (secondary N) is 3. The van der Waals surface area contributed by atoms with Crippen LogP contribution >= 0.6 is 0 Å². The normalized spacial score (nSPS) is 10.0. The molecule has 132 valence electrons. The minimum atomic E-state index is -0.170. The second-order valence-electron chi connectivity index (χ2n) is 5.35. The summed E-state index contributed by atoms with van der Waals surface area (Å²) in [6, 6.07) is 14.5. The van der Waals surface area contributed by atoms with Gasteiger partial charge in [-0.25, -0.2) is 0 Å². The van der Waals surface area contributed by atoms with E-state index in [0.29, 0.717) is 30.2 Å². The molecular weight excluding hydrogens is 318 g/mol. The van der Waals surface area contributed by atoms with Crippen molar-refractivity contribution in [3.63, 3.8) is 0 Å². The van der Waals surface area contributed by atoms with Gasteiger partial charge < -0.3 is 20.7 Å². The molecule has 0 fully saturated rings. The highest BCUT2D eigenvalue weighted by atomic mass is 16.5. The van der Waals surface area contributed by atoms with E-state index in [1.807, 2.05) is 31.2 Å². The number of carbonyl (C=O) groups is 2. The molecule has 0 aliphatic heterocycles. The molecule has 0 aliphatic rings. The van der Waals surface area contributed by atoms with Crippen LogP contribution < -0.4 is 20.7 Å². The first-order chi connectivity index (χ1) is 12.1. The van der Waals surface area contributed by atoms with Crippen molar-refractivity contribution in [1.82, 2.24) is 0 Å². The number of amides is 2. The molecule has 2 aromatic rings. The molecule has 0 heterocycles. The largest absolute Gasteiger partial charge is 0.494 e. The summed E-state index contributed by atoms with van der Waals surface area (Å²) >= 11 is 0. The van der Waals surface area contributed by atoms with Crippen molar-refractivity contribution in [2.45, 2.75) is 20.3 Å². The molecule has 0 atom stereocenters. The van der Waals surface area contributed by atoms with Crippen LogP contribution in [0.2, 0.25) is 0 Å². The lowest BCUT2D eigenvalue weighted by atomic mass is 10.2. The van der Waals surface area contributed by atoms with Crippen molar-refractivity contribution >= 4 is 28.9 Å². The number of hydrogen-bond donors (Lipinski definition) is 3. The number of ether oxygens (including phenoxy) is 1. The van der Waals surface area contributed by atoms with Crippen molar-refractivity contribution in [3.05, 3.63) is 48.5 Å². The summed E-state index contributed by atoms with van der Waals surface area (Å²) < 4.78 is 5.41. The molecule has 2 rings (SSSR count). The number of carbonyl (C=O) groups excluding carboxylic acids is 2. The molecule has 2 amide bonds. The molecule has 2 aromatic carbocycles. The van der Waals surface area contributed by atoms with Gasteiger partial charge >= 0.3 is 0 Å². The summed E-state index contributed by atoms with van der Waals surface area (Å²) in [6.07, 6.45) is 0.418. The quantitative estimate of drug-likeness (QED) is 0.687. The third kappa shape index (κ3) is 6.18. The molecule has 0 saturated carbocycles. The first-order valence-electron chi connectivity index (χ1n) is 8.27. The topological polar surface area (TPSA) is 79.5 Å². The molecular formula is C19H23N3O3. The summed E-state index contributed by atoms with van der Waals surface area (Å²) in [5, 5.41) is 8.64. The zero-order valence-corrected chi connectivity index (χ0v) is 14.5. The molecule has 0 saturated heterocycles. The van der Waals surface area contributed by atoms with Crippen molar-refractivity contribution in [3.8, 4) is 5.75 Å². The first-order valence-corrected chi connectivity index (χ1v) is 8.27. The van der Waals surface area contributed by atoms with Gasteiger partial charge in [-0.2, -0.15) is 0 Å². The molecule has 3 N–H and O–H groups in total. The van der Waals surface area contributed by atoms with E-state index in [-0.39, 0.29) is 18.4 Å². The summed E-state index contributed by atoms with van der Waals surface area (Å²) in [5.41, 5.74) is 2.13. The summed E-state index contributed by atoms with van der Waals surface area (Å²) in [6.45, 7) is 4.39. The Labute approximate surface area is 147 Å². The third-order valence-electron chi connectivity index (χ3n) is 3.35. The fourth-order valence-electron chi connectivity index (χ4n) is 2.17. The Balaban J connectivity index is 1.88. The lowest BCUT2D eigenvalue weighted by Gasteiger charge is -2.10. The molecule has 0 radical (unpaired) electrons. The van der Waals surface area contributed by atoms with Crippen LogP contribution in [-0.4, -0.2) is 25.0 Å². The smallest absolute Gasteiger partial charge is 0.243 e. The van der Waals surface area contributed by atoms with Gasteiger partial charge in [0.15, 0.2) is 0 Å². The highest BCUT2D eigenvalue weighted by Gasteiger charge is 2.05. The molecule has 25 heavy (non-hydrogen) atoms. The molecule has 6 heteroatoms. The van der Waals surface area contributed by atoms with Crippen molar-refractivity contribution in [2.24, 2.45) is 0 Å². The van der Waals surface area contributed by atoms with Crippen LogP contribution in [0, 0.1) is 0 Å². The summed E-state index contributed by atoms with van der Waals surface area (Å²) in [5.74, 6) is 0.494. The number of rotatable bonds is 8. The van der Waals surface area contributed by atoms with E-state index in [1.165, 1.54) is 0 Å². The van der Waals surface area contributed by atoms with Crippen LogP contribution in [0.4, 0.5) is 17.1 Å². The Kier molecular flexibility index (Phi) is 6.83. The maximum Gasteiger partial charge on any atom is 0.243 e. The number of anilines is 3. The SMILES string of the molecule is CCOc1cccc(NC(=O)CNc2cccc(NC(=O)CC)c2)c1. The van der Waals surface area contributed by atoms with E-state index >= 15 is 0 Å². The lowest BCUT2D eigenvalue weighted by molar-refractivity contribution is -0.116. The van der Waals surface area contributed by atoms with E-state index in [9.17, 15) is 9.59 Å². The van der Waals surface area contributed by atoms with Crippen LogP contribution in [-0.2, 0) is 9.59 Å². The standard InChI is InChI=1S/C19H23N3O3/c1-3-18(23)21-15-8-5-7-14(11-15)20-13-19(24)22-16-9-6-10-17(12-16)25-4-2/h5-12,20H,3-4,13H2,1-2H3,(H,21,23)(H,22,24). The van der Waals surface area contributed by atoms with Gasteiger partial charge in [0.2, 0.25) is 11.8 Å². The first kappa shape index (κ1) is 18.3. The molecule has 0 bridgehead atoms. The molecule has 6 nitrogen and oxygen atoms in total. The fourth-order valence-corrected chi connectivity index (χ4v) is 2.17. The Morgan fingerprint density at radius 1 is 0.880 bits per heavy atom. The predicted octanol–water partition coefficient (Wildman–Crippen LogP) is 3.48. The van der Waals surface area contributed by atoms with Crippen molar-refractivity contribution < 1.29 is 14.3 Å². The van der Waals surface area contributed by atoms with Crippen molar-refractivity contribution in [2.75, 3.05) is 29.1 Å². The average Bonchev–Trinajstić information content (AvgIpc) is 2.61. The van der Waals surface area contributed by atoms with Gasteiger partial charge in [-0.1, -0.05) is 19.1 Å². The Bertz CT molecular complexity index is 731. The molecule has 0 aromatic heterocycles. The second-order valence-corrected chi connectivity index (χ2v) is 5.35. The Morgan fingerprint density at radius 2 is 1.52 bits per heavy atom. The van der Waals surface area contributed by atoms with Crippen LogP contribution in [0.25, 0.3) is 0 Å². The van der Waals surface area contributed by atoms with Gasteiger partial charge in [-0.05, 0) is 37.3 Å². The Morgan fingerprint density at radius 3 is 2.24 bits per heavy atom. The average molecular weight is 341 g/mol. The maximum atomic E-state index is 12.1. The fraction of sp³-hybridized carbons (Fsp3) is 0.263. The number of hydrogen-bond acceptors (Lipinski definition) is 4. The van der Waals surface area contributed by atoms with Gasteiger partial charge in [-0.15, -0.1) is 0 Å². The molecule has 0 spiro atoms. The second kappa shape index (κ2) is 9.32. The Hall–Kier alpha value is -3.02. The minimum Gasteiger partial charge on any atom is -0.494 e. The van der Waals surface area contributed by atoms with Crippen LogP contribution in [0.1, 0.15) is 20.3 Å². The number of benzene rings is 2. The molecule has 0 unspecified atom stereocenters. The monoisotopic (exact) mass is 341 g/mol.